The van der Waals surface area contributed by atoms with Crippen LogP contribution in [-0.4, -0.2) is 21.5 Å². The van der Waals surface area contributed by atoms with Gasteiger partial charge in [0, 0.05) is 0 Å². The Balaban J connectivity index is 2.44. The van der Waals surface area contributed by atoms with Crippen LogP contribution in [0.1, 0.15) is 21.5 Å². The predicted molar refractivity (Wildman–Crippen MR) is 84.5 cm³/mol. The third-order valence-corrected chi connectivity index (χ3v) is 4.49. The molecule has 0 aliphatic heterocycles. The fraction of sp³-hybridized carbons (Fsp3) is 0.188. The molecule has 0 aromatic heterocycles. The van der Waals surface area contributed by atoms with Gasteiger partial charge in [-0.15, -0.1) is 0 Å². The van der Waals surface area contributed by atoms with Crippen LogP contribution in [0.4, 0.5) is 5.69 Å². The van der Waals surface area contributed by atoms with E-state index in [0.29, 0.717) is 0 Å². The quantitative estimate of drug-likeness (QED) is 0.880. The Hall–Kier alpha value is -2.34. The van der Waals surface area contributed by atoms with Gasteiger partial charge in [0.15, 0.2) is 0 Å². The number of methoxy groups -OCH3 is 1. The molecule has 0 amide bonds. The standard InChI is InChI=1S/C16H17NO4S/c1-11-5-4-6-13(9-11)22(19,20)17-15-8-7-12(2)10-14(15)16(18)21-3/h4-10,17H,1-3H3. The van der Waals surface area contributed by atoms with E-state index in [-0.39, 0.29) is 16.1 Å². The Labute approximate surface area is 130 Å². The number of benzene rings is 2. The summed E-state index contributed by atoms with van der Waals surface area (Å²) in [7, 11) is -2.52. The monoisotopic (exact) mass is 319 g/mol. The maximum atomic E-state index is 12.4. The van der Waals surface area contributed by atoms with Crippen molar-refractivity contribution in [3.63, 3.8) is 0 Å². The average Bonchev–Trinajstić information content (AvgIpc) is 2.48. The van der Waals surface area contributed by atoms with Gasteiger partial charge in [0.1, 0.15) is 0 Å². The molecule has 0 unspecified atom stereocenters. The van der Waals surface area contributed by atoms with Crippen molar-refractivity contribution >= 4 is 21.7 Å². The van der Waals surface area contributed by atoms with Crippen molar-refractivity contribution in [1.82, 2.24) is 0 Å². The fourth-order valence-electron chi connectivity index (χ4n) is 2.01. The zero-order valence-electron chi connectivity index (χ0n) is 12.6. The predicted octanol–water partition coefficient (Wildman–Crippen LogP) is 2.89. The van der Waals surface area contributed by atoms with Crippen LogP contribution in [0.2, 0.25) is 0 Å². The van der Waals surface area contributed by atoms with Gasteiger partial charge >= 0.3 is 5.97 Å². The second-order valence-corrected chi connectivity index (χ2v) is 6.65. The lowest BCUT2D eigenvalue weighted by atomic mass is 10.1. The molecule has 0 fully saturated rings. The summed E-state index contributed by atoms with van der Waals surface area (Å²) < 4.78 is 32.0. The Bertz CT molecular complexity index is 813. The van der Waals surface area contributed by atoms with E-state index in [1.54, 1.807) is 30.3 Å². The van der Waals surface area contributed by atoms with Gasteiger partial charge in [0.2, 0.25) is 0 Å². The first-order valence-electron chi connectivity index (χ1n) is 6.62. The van der Waals surface area contributed by atoms with Gasteiger partial charge < -0.3 is 4.74 Å². The Morgan fingerprint density at radius 3 is 2.36 bits per heavy atom. The smallest absolute Gasteiger partial charge is 0.340 e. The number of rotatable bonds is 4. The van der Waals surface area contributed by atoms with E-state index in [0.717, 1.165) is 11.1 Å². The van der Waals surface area contributed by atoms with Gasteiger partial charge in [-0.1, -0.05) is 23.8 Å². The molecule has 0 aliphatic rings. The van der Waals surface area contributed by atoms with Gasteiger partial charge in [-0.05, 0) is 43.7 Å². The van der Waals surface area contributed by atoms with E-state index in [1.807, 2.05) is 19.9 Å². The number of anilines is 1. The number of esters is 1. The molecule has 0 radical (unpaired) electrons. The van der Waals surface area contributed by atoms with Crippen molar-refractivity contribution in [2.75, 3.05) is 11.8 Å². The van der Waals surface area contributed by atoms with Gasteiger partial charge in [0.25, 0.3) is 10.0 Å². The summed E-state index contributed by atoms with van der Waals surface area (Å²) in [6, 6.07) is 11.4. The van der Waals surface area contributed by atoms with Crippen LogP contribution in [0.5, 0.6) is 0 Å². The summed E-state index contributed by atoms with van der Waals surface area (Å²) in [6.07, 6.45) is 0. The van der Waals surface area contributed by atoms with Crippen LogP contribution in [0, 0.1) is 13.8 Å². The molecular weight excluding hydrogens is 302 g/mol. The van der Waals surface area contributed by atoms with E-state index >= 15 is 0 Å². The molecule has 0 heterocycles. The number of carbonyl (C=O) groups is 1. The minimum atomic E-state index is -3.77. The fourth-order valence-corrected chi connectivity index (χ4v) is 3.20. The van der Waals surface area contributed by atoms with Crippen LogP contribution in [0.3, 0.4) is 0 Å². The highest BCUT2D eigenvalue weighted by molar-refractivity contribution is 7.92. The normalized spacial score (nSPS) is 11.0. The van der Waals surface area contributed by atoms with Crippen LogP contribution in [0.15, 0.2) is 47.4 Å². The number of aryl methyl sites for hydroxylation is 2. The SMILES string of the molecule is COC(=O)c1cc(C)ccc1NS(=O)(=O)c1cccc(C)c1. The van der Waals surface area contributed by atoms with Crippen molar-refractivity contribution in [1.29, 1.82) is 0 Å². The molecule has 1 N–H and O–H groups in total. The van der Waals surface area contributed by atoms with E-state index in [2.05, 4.69) is 4.72 Å². The number of nitrogens with one attached hydrogen (secondary N) is 1. The van der Waals surface area contributed by atoms with E-state index in [9.17, 15) is 13.2 Å². The minimum Gasteiger partial charge on any atom is -0.465 e. The summed E-state index contributed by atoms with van der Waals surface area (Å²) in [5.41, 5.74) is 2.04. The number of ether oxygens (including phenoxy) is 1. The zero-order chi connectivity index (χ0) is 16.3. The van der Waals surface area contributed by atoms with Gasteiger partial charge in [-0.25, -0.2) is 13.2 Å². The number of carbonyl (C=O) groups excluding carboxylic acids is 1. The van der Waals surface area contributed by atoms with Crippen molar-refractivity contribution in [2.24, 2.45) is 0 Å². The van der Waals surface area contributed by atoms with E-state index in [1.165, 1.54) is 13.2 Å². The maximum Gasteiger partial charge on any atom is 0.340 e. The Kier molecular flexibility index (Phi) is 4.51. The summed E-state index contributed by atoms with van der Waals surface area (Å²) in [4.78, 5) is 11.9. The first kappa shape index (κ1) is 16.0. The minimum absolute atomic E-state index is 0.142. The molecule has 2 aromatic carbocycles. The summed E-state index contributed by atoms with van der Waals surface area (Å²) in [5, 5.41) is 0. The molecular formula is C16H17NO4S. The largest absolute Gasteiger partial charge is 0.465 e. The molecule has 0 spiro atoms. The van der Waals surface area contributed by atoms with Gasteiger partial charge in [-0.3, -0.25) is 4.72 Å². The lowest BCUT2D eigenvalue weighted by Crippen LogP contribution is -2.16. The molecule has 0 atom stereocenters. The third-order valence-electron chi connectivity index (χ3n) is 3.12. The molecule has 0 saturated heterocycles. The molecule has 0 aliphatic carbocycles. The summed E-state index contributed by atoms with van der Waals surface area (Å²) >= 11 is 0. The summed E-state index contributed by atoms with van der Waals surface area (Å²) in [6.45, 7) is 3.62. The van der Waals surface area contributed by atoms with Crippen LogP contribution in [-0.2, 0) is 14.8 Å². The molecule has 6 heteroatoms. The lowest BCUT2D eigenvalue weighted by Gasteiger charge is -2.12. The second-order valence-electron chi connectivity index (χ2n) is 4.96. The first-order valence-corrected chi connectivity index (χ1v) is 8.10. The van der Waals surface area contributed by atoms with E-state index < -0.39 is 16.0 Å². The van der Waals surface area contributed by atoms with Crippen molar-refractivity contribution in [3.05, 3.63) is 59.2 Å². The highest BCUT2D eigenvalue weighted by Crippen LogP contribution is 2.22. The van der Waals surface area contributed by atoms with Crippen LogP contribution in [0.25, 0.3) is 0 Å². The Morgan fingerprint density at radius 2 is 1.73 bits per heavy atom. The number of hydrogen-bond donors (Lipinski definition) is 1. The summed E-state index contributed by atoms with van der Waals surface area (Å²) in [5.74, 6) is -0.592. The number of hydrogen-bond acceptors (Lipinski definition) is 4. The van der Waals surface area contributed by atoms with Crippen molar-refractivity contribution in [2.45, 2.75) is 18.7 Å². The second kappa shape index (κ2) is 6.19. The van der Waals surface area contributed by atoms with Gasteiger partial charge in [0.05, 0.1) is 23.3 Å². The highest BCUT2D eigenvalue weighted by atomic mass is 32.2. The van der Waals surface area contributed by atoms with Crippen molar-refractivity contribution < 1.29 is 17.9 Å². The average molecular weight is 319 g/mol. The lowest BCUT2D eigenvalue weighted by molar-refractivity contribution is 0.0602. The molecule has 0 saturated carbocycles. The van der Waals surface area contributed by atoms with E-state index in [4.69, 9.17) is 4.74 Å². The molecule has 2 aromatic rings. The number of sulfonamides is 1. The van der Waals surface area contributed by atoms with Crippen LogP contribution < -0.4 is 4.72 Å². The molecule has 2 rings (SSSR count). The first-order chi connectivity index (χ1) is 10.3. The topological polar surface area (TPSA) is 72.5 Å². The molecule has 5 nitrogen and oxygen atoms in total. The Morgan fingerprint density at radius 1 is 1.05 bits per heavy atom. The highest BCUT2D eigenvalue weighted by Gasteiger charge is 2.19. The van der Waals surface area contributed by atoms with Crippen molar-refractivity contribution in [3.8, 4) is 0 Å². The molecule has 22 heavy (non-hydrogen) atoms. The maximum absolute atomic E-state index is 12.4. The van der Waals surface area contributed by atoms with Crippen LogP contribution >= 0.6 is 0 Å². The molecule has 0 bridgehead atoms. The van der Waals surface area contributed by atoms with Gasteiger partial charge in [-0.2, -0.15) is 0 Å². The zero-order valence-corrected chi connectivity index (χ0v) is 13.4. The molecule has 116 valence electrons. The third kappa shape index (κ3) is 3.46.